The van der Waals surface area contributed by atoms with Crippen molar-refractivity contribution in [1.29, 1.82) is 0 Å². The SMILES string of the molecule is CC(C)(C)OC(=O)C(O)C1CCCN1. The van der Waals surface area contributed by atoms with E-state index >= 15 is 0 Å². The smallest absolute Gasteiger partial charge is 0.337 e. The van der Waals surface area contributed by atoms with Crippen LogP contribution in [0, 0.1) is 0 Å². The second kappa shape index (κ2) is 4.28. The van der Waals surface area contributed by atoms with Crippen molar-refractivity contribution >= 4 is 5.97 Å². The molecule has 1 saturated heterocycles. The lowest BCUT2D eigenvalue weighted by Crippen LogP contribution is -2.43. The lowest BCUT2D eigenvalue weighted by molar-refractivity contribution is -0.166. The maximum absolute atomic E-state index is 11.4. The van der Waals surface area contributed by atoms with E-state index in [4.69, 9.17) is 4.74 Å². The van der Waals surface area contributed by atoms with Gasteiger partial charge in [0.25, 0.3) is 0 Å². The van der Waals surface area contributed by atoms with Crippen LogP contribution in [0.15, 0.2) is 0 Å². The lowest BCUT2D eigenvalue weighted by Gasteiger charge is -2.24. The Labute approximate surface area is 84.6 Å². The Morgan fingerprint density at radius 2 is 2.21 bits per heavy atom. The van der Waals surface area contributed by atoms with Gasteiger partial charge < -0.3 is 15.2 Å². The maximum Gasteiger partial charge on any atom is 0.337 e. The molecule has 1 aliphatic heterocycles. The third-order valence-electron chi connectivity index (χ3n) is 2.13. The molecule has 1 rings (SSSR count). The molecule has 2 N–H and O–H groups in total. The van der Waals surface area contributed by atoms with Crippen LogP contribution < -0.4 is 5.32 Å². The van der Waals surface area contributed by atoms with Gasteiger partial charge in [0.15, 0.2) is 6.10 Å². The summed E-state index contributed by atoms with van der Waals surface area (Å²) >= 11 is 0. The van der Waals surface area contributed by atoms with Gasteiger partial charge in [0, 0.05) is 6.04 Å². The molecule has 0 aromatic carbocycles. The summed E-state index contributed by atoms with van der Waals surface area (Å²) in [4.78, 5) is 11.4. The van der Waals surface area contributed by atoms with Gasteiger partial charge in [-0.3, -0.25) is 0 Å². The Bertz CT molecular complexity index is 204. The Balaban J connectivity index is 2.43. The molecule has 2 unspecified atom stereocenters. The minimum absolute atomic E-state index is 0.134. The number of ether oxygens (including phenoxy) is 1. The molecule has 4 nitrogen and oxygen atoms in total. The van der Waals surface area contributed by atoms with Gasteiger partial charge in [-0.2, -0.15) is 0 Å². The van der Waals surface area contributed by atoms with Crippen LogP contribution in [0.25, 0.3) is 0 Å². The number of rotatable bonds is 2. The third kappa shape index (κ3) is 3.27. The Morgan fingerprint density at radius 3 is 2.64 bits per heavy atom. The molecule has 0 aromatic heterocycles. The average molecular weight is 201 g/mol. The third-order valence-corrected chi connectivity index (χ3v) is 2.13. The number of esters is 1. The van der Waals surface area contributed by atoms with Gasteiger partial charge >= 0.3 is 5.97 Å². The topological polar surface area (TPSA) is 58.6 Å². The first-order valence-corrected chi connectivity index (χ1v) is 5.04. The van der Waals surface area contributed by atoms with Crippen LogP contribution >= 0.6 is 0 Å². The number of carbonyl (C=O) groups excluding carboxylic acids is 1. The predicted octanol–water partition coefficient (Wildman–Crippen LogP) is 0.441. The fourth-order valence-electron chi connectivity index (χ4n) is 1.51. The zero-order chi connectivity index (χ0) is 10.8. The van der Waals surface area contributed by atoms with Crippen molar-refractivity contribution < 1.29 is 14.6 Å². The number of carbonyl (C=O) groups is 1. The second-order valence-electron chi connectivity index (χ2n) is 4.68. The minimum Gasteiger partial charge on any atom is -0.458 e. The van der Waals surface area contributed by atoms with Gasteiger partial charge in [-0.05, 0) is 40.2 Å². The van der Waals surface area contributed by atoms with E-state index in [1.807, 2.05) is 0 Å². The molecule has 0 spiro atoms. The summed E-state index contributed by atoms with van der Waals surface area (Å²) < 4.78 is 5.08. The summed E-state index contributed by atoms with van der Waals surface area (Å²) in [7, 11) is 0. The largest absolute Gasteiger partial charge is 0.458 e. The van der Waals surface area contributed by atoms with Crippen LogP contribution in [0.5, 0.6) is 0 Å². The van der Waals surface area contributed by atoms with E-state index in [2.05, 4.69) is 5.32 Å². The van der Waals surface area contributed by atoms with E-state index in [9.17, 15) is 9.90 Å². The van der Waals surface area contributed by atoms with Crippen molar-refractivity contribution in [1.82, 2.24) is 5.32 Å². The fourth-order valence-corrected chi connectivity index (χ4v) is 1.51. The van der Waals surface area contributed by atoms with E-state index in [1.165, 1.54) is 0 Å². The zero-order valence-electron chi connectivity index (χ0n) is 9.04. The van der Waals surface area contributed by atoms with Crippen LogP contribution in [-0.4, -0.2) is 35.4 Å². The molecule has 4 heteroatoms. The zero-order valence-corrected chi connectivity index (χ0v) is 9.04. The van der Waals surface area contributed by atoms with Crippen molar-refractivity contribution in [2.24, 2.45) is 0 Å². The summed E-state index contributed by atoms with van der Waals surface area (Å²) in [6.45, 7) is 6.24. The van der Waals surface area contributed by atoms with E-state index < -0.39 is 17.7 Å². The molecule has 0 aromatic rings. The first-order chi connectivity index (χ1) is 6.40. The van der Waals surface area contributed by atoms with Crippen molar-refractivity contribution in [3.8, 4) is 0 Å². The van der Waals surface area contributed by atoms with Gasteiger partial charge in [0.2, 0.25) is 0 Å². The lowest BCUT2D eigenvalue weighted by atomic mass is 10.1. The van der Waals surface area contributed by atoms with E-state index in [1.54, 1.807) is 20.8 Å². The molecule has 0 bridgehead atoms. The second-order valence-corrected chi connectivity index (χ2v) is 4.68. The summed E-state index contributed by atoms with van der Waals surface area (Å²) in [6.07, 6.45) is 0.807. The predicted molar refractivity (Wildman–Crippen MR) is 52.9 cm³/mol. The van der Waals surface area contributed by atoms with E-state index in [0.29, 0.717) is 0 Å². The average Bonchev–Trinajstić information content (AvgIpc) is 2.51. The number of aliphatic hydroxyl groups is 1. The number of aliphatic hydroxyl groups excluding tert-OH is 1. The van der Waals surface area contributed by atoms with Crippen LogP contribution in [-0.2, 0) is 9.53 Å². The molecule has 82 valence electrons. The number of hydrogen-bond donors (Lipinski definition) is 2. The summed E-state index contributed by atoms with van der Waals surface area (Å²) in [6, 6.07) is -0.134. The van der Waals surface area contributed by atoms with Gasteiger partial charge in [0.05, 0.1) is 0 Å². The van der Waals surface area contributed by atoms with E-state index in [-0.39, 0.29) is 6.04 Å². The molecule has 2 atom stereocenters. The first-order valence-electron chi connectivity index (χ1n) is 5.04. The maximum atomic E-state index is 11.4. The highest BCUT2D eigenvalue weighted by molar-refractivity contribution is 5.75. The van der Waals surface area contributed by atoms with Gasteiger partial charge in [-0.25, -0.2) is 4.79 Å². The van der Waals surface area contributed by atoms with Gasteiger partial charge in [-0.15, -0.1) is 0 Å². The Hall–Kier alpha value is -0.610. The van der Waals surface area contributed by atoms with Crippen LogP contribution in [0.2, 0.25) is 0 Å². The highest BCUT2D eigenvalue weighted by atomic mass is 16.6. The standard InChI is InChI=1S/C10H19NO3/c1-10(2,3)14-9(13)8(12)7-5-4-6-11-7/h7-8,11-12H,4-6H2,1-3H3. The fraction of sp³-hybridized carbons (Fsp3) is 0.900. The number of hydrogen-bond acceptors (Lipinski definition) is 4. The van der Waals surface area contributed by atoms with Gasteiger partial charge in [0.1, 0.15) is 5.60 Å². The molecule has 0 aliphatic carbocycles. The quantitative estimate of drug-likeness (QED) is 0.636. The molecule has 0 radical (unpaired) electrons. The molecule has 0 amide bonds. The Morgan fingerprint density at radius 1 is 1.57 bits per heavy atom. The summed E-state index contributed by atoms with van der Waals surface area (Å²) in [5.74, 6) is -0.531. The molecule has 1 aliphatic rings. The number of nitrogens with one attached hydrogen (secondary N) is 1. The van der Waals surface area contributed by atoms with Crippen molar-refractivity contribution in [3.05, 3.63) is 0 Å². The van der Waals surface area contributed by atoms with Crippen LogP contribution in [0.4, 0.5) is 0 Å². The Kier molecular flexibility index (Phi) is 3.50. The summed E-state index contributed by atoms with van der Waals surface area (Å²) in [5, 5.41) is 12.7. The minimum atomic E-state index is -1.03. The molecule has 1 fully saturated rings. The monoisotopic (exact) mass is 201 g/mol. The van der Waals surface area contributed by atoms with Crippen molar-refractivity contribution in [2.75, 3.05) is 6.54 Å². The molecular formula is C10H19NO3. The van der Waals surface area contributed by atoms with Crippen molar-refractivity contribution in [3.63, 3.8) is 0 Å². The van der Waals surface area contributed by atoms with Crippen LogP contribution in [0.3, 0.4) is 0 Å². The molecule has 14 heavy (non-hydrogen) atoms. The molecule has 1 heterocycles. The van der Waals surface area contributed by atoms with Crippen LogP contribution in [0.1, 0.15) is 33.6 Å². The summed E-state index contributed by atoms with van der Waals surface area (Å²) in [5.41, 5.74) is -0.531. The molecular weight excluding hydrogens is 182 g/mol. The first kappa shape index (κ1) is 11.5. The highest BCUT2D eigenvalue weighted by Gasteiger charge is 2.31. The van der Waals surface area contributed by atoms with Crippen molar-refractivity contribution in [2.45, 2.75) is 51.4 Å². The molecule has 0 saturated carbocycles. The van der Waals surface area contributed by atoms with Gasteiger partial charge in [-0.1, -0.05) is 0 Å². The normalized spacial score (nSPS) is 24.7. The van der Waals surface area contributed by atoms with E-state index in [0.717, 1.165) is 19.4 Å². The highest BCUT2D eigenvalue weighted by Crippen LogP contribution is 2.14.